The first kappa shape index (κ1) is 15.4. The summed E-state index contributed by atoms with van der Waals surface area (Å²) < 4.78 is 0. The molecule has 1 aromatic rings. The van der Waals surface area contributed by atoms with Gasteiger partial charge in [-0.2, -0.15) is 0 Å². The van der Waals surface area contributed by atoms with E-state index in [1.54, 1.807) is 24.3 Å². The molecule has 0 saturated carbocycles. The molecule has 1 fully saturated rings. The molecule has 0 aromatic heterocycles. The number of benzene rings is 1. The quantitative estimate of drug-likeness (QED) is 0.899. The van der Waals surface area contributed by atoms with Crippen molar-refractivity contribution in [2.24, 2.45) is 5.41 Å². The van der Waals surface area contributed by atoms with Crippen LogP contribution in [0.25, 0.3) is 0 Å². The highest BCUT2D eigenvalue weighted by Crippen LogP contribution is 2.28. The number of carboxylic acids is 1. The number of anilines is 1. The van der Waals surface area contributed by atoms with Crippen LogP contribution in [0.5, 0.6) is 0 Å². The van der Waals surface area contributed by atoms with Crippen LogP contribution in [0.1, 0.15) is 32.3 Å². The lowest BCUT2D eigenvalue weighted by molar-refractivity contribution is -0.136. The summed E-state index contributed by atoms with van der Waals surface area (Å²) >= 11 is 0. The van der Waals surface area contributed by atoms with Crippen molar-refractivity contribution in [2.75, 3.05) is 18.4 Å². The number of nitrogens with zero attached hydrogens (tertiary/aromatic N) is 1. The van der Waals surface area contributed by atoms with Gasteiger partial charge in [0.1, 0.15) is 0 Å². The molecule has 1 aliphatic rings. The van der Waals surface area contributed by atoms with Gasteiger partial charge in [0.2, 0.25) is 0 Å². The summed E-state index contributed by atoms with van der Waals surface area (Å²) in [6, 6.07) is 6.85. The fraction of sp³-hybridized carbons (Fsp3) is 0.500. The molecule has 5 heteroatoms. The van der Waals surface area contributed by atoms with Crippen molar-refractivity contribution >= 4 is 17.7 Å². The van der Waals surface area contributed by atoms with Crippen LogP contribution in [0.2, 0.25) is 0 Å². The number of carbonyl (C=O) groups is 2. The van der Waals surface area contributed by atoms with Gasteiger partial charge in [-0.15, -0.1) is 0 Å². The predicted molar refractivity (Wildman–Crippen MR) is 81.4 cm³/mol. The standard InChI is InChI=1S/C16H22N2O3/c1-16(2)8-3-9-18(11-16)15(21)17-13-6-4-12(5-7-13)10-14(19)20/h4-7H,3,8-11H2,1-2H3,(H,17,21)(H,19,20). The number of piperidine rings is 1. The number of nitrogens with one attached hydrogen (secondary N) is 1. The summed E-state index contributed by atoms with van der Waals surface area (Å²) in [7, 11) is 0. The van der Waals surface area contributed by atoms with Crippen LogP contribution < -0.4 is 5.32 Å². The smallest absolute Gasteiger partial charge is 0.321 e. The fourth-order valence-corrected chi connectivity index (χ4v) is 2.68. The Kier molecular flexibility index (Phi) is 4.50. The zero-order valence-electron chi connectivity index (χ0n) is 12.6. The summed E-state index contributed by atoms with van der Waals surface area (Å²) in [4.78, 5) is 24.7. The molecule has 2 amide bonds. The van der Waals surface area contributed by atoms with Crippen molar-refractivity contribution in [1.29, 1.82) is 0 Å². The van der Waals surface area contributed by atoms with E-state index in [4.69, 9.17) is 5.11 Å². The Labute approximate surface area is 125 Å². The first-order chi connectivity index (χ1) is 9.85. The van der Waals surface area contributed by atoms with E-state index < -0.39 is 5.97 Å². The highest BCUT2D eigenvalue weighted by molar-refractivity contribution is 5.89. The summed E-state index contributed by atoms with van der Waals surface area (Å²) in [5, 5.41) is 11.6. The maximum absolute atomic E-state index is 12.2. The third-order valence-corrected chi connectivity index (χ3v) is 3.75. The van der Waals surface area contributed by atoms with Crippen LogP contribution in [0.15, 0.2) is 24.3 Å². The van der Waals surface area contributed by atoms with Crippen LogP contribution in [-0.4, -0.2) is 35.1 Å². The van der Waals surface area contributed by atoms with Crippen LogP contribution in [0, 0.1) is 5.41 Å². The molecule has 0 atom stereocenters. The van der Waals surface area contributed by atoms with Gasteiger partial charge in [0, 0.05) is 18.8 Å². The second-order valence-corrected chi connectivity index (χ2v) is 6.39. The second-order valence-electron chi connectivity index (χ2n) is 6.39. The largest absolute Gasteiger partial charge is 0.481 e. The molecule has 0 aliphatic carbocycles. The Hall–Kier alpha value is -2.04. The monoisotopic (exact) mass is 290 g/mol. The Morgan fingerprint density at radius 3 is 2.52 bits per heavy atom. The van der Waals surface area contributed by atoms with Crippen LogP contribution >= 0.6 is 0 Å². The van der Waals surface area contributed by atoms with Gasteiger partial charge in [-0.05, 0) is 36.0 Å². The molecule has 1 aliphatic heterocycles. The predicted octanol–water partition coefficient (Wildman–Crippen LogP) is 2.97. The lowest BCUT2D eigenvalue weighted by Crippen LogP contribution is -2.45. The van der Waals surface area contributed by atoms with E-state index in [9.17, 15) is 9.59 Å². The number of hydrogen-bond acceptors (Lipinski definition) is 2. The van der Waals surface area contributed by atoms with E-state index in [-0.39, 0.29) is 17.9 Å². The molecule has 1 heterocycles. The van der Waals surface area contributed by atoms with E-state index in [1.165, 1.54) is 0 Å². The number of aliphatic carboxylic acids is 1. The van der Waals surface area contributed by atoms with Gasteiger partial charge in [0.05, 0.1) is 6.42 Å². The molecule has 1 saturated heterocycles. The Bertz CT molecular complexity index is 523. The zero-order chi connectivity index (χ0) is 15.5. The molecular formula is C16H22N2O3. The van der Waals surface area contributed by atoms with Crippen molar-refractivity contribution in [2.45, 2.75) is 33.1 Å². The van der Waals surface area contributed by atoms with Gasteiger partial charge < -0.3 is 15.3 Å². The van der Waals surface area contributed by atoms with Crippen LogP contribution in [-0.2, 0) is 11.2 Å². The second kappa shape index (κ2) is 6.16. The zero-order valence-corrected chi connectivity index (χ0v) is 12.6. The normalized spacial score (nSPS) is 17.3. The van der Waals surface area contributed by atoms with Crippen molar-refractivity contribution < 1.29 is 14.7 Å². The van der Waals surface area contributed by atoms with Crippen molar-refractivity contribution in [1.82, 2.24) is 4.90 Å². The summed E-state index contributed by atoms with van der Waals surface area (Å²) in [6.45, 7) is 5.89. The molecule has 2 N–H and O–H groups in total. The average molecular weight is 290 g/mol. The molecule has 21 heavy (non-hydrogen) atoms. The lowest BCUT2D eigenvalue weighted by atomic mass is 9.84. The number of carbonyl (C=O) groups excluding carboxylic acids is 1. The third kappa shape index (κ3) is 4.48. The molecule has 0 radical (unpaired) electrons. The van der Waals surface area contributed by atoms with E-state index in [2.05, 4.69) is 19.2 Å². The van der Waals surface area contributed by atoms with Crippen molar-refractivity contribution in [3.05, 3.63) is 29.8 Å². The molecule has 2 rings (SSSR count). The van der Waals surface area contributed by atoms with Crippen LogP contribution in [0.3, 0.4) is 0 Å². The highest BCUT2D eigenvalue weighted by Gasteiger charge is 2.29. The average Bonchev–Trinajstić information content (AvgIpc) is 2.39. The van der Waals surface area contributed by atoms with E-state index in [0.29, 0.717) is 5.69 Å². The number of hydrogen-bond donors (Lipinski definition) is 2. The minimum Gasteiger partial charge on any atom is -0.481 e. The minimum absolute atomic E-state index is 0.00542. The van der Waals surface area contributed by atoms with Crippen molar-refractivity contribution in [3.63, 3.8) is 0 Å². The van der Waals surface area contributed by atoms with Crippen LogP contribution in [0.4, 0.5) is 10.5 Å². The first-order valence-electron chi connectivity index (χ1n) is 7.22. The molecule has 0 unspecified atom stereocenters. The minimum atomic E-state index is -0.859. The van der Waals surface area contributed by atoms with Gasteiger partial charge in [-0.25, -0.2) is 4.79 Å². The highest BCUT2D eigenvalue weighted by atomic mass is 16.4. The molecule has 0 spiro atoms. The maximum atomic E-state index is 12.2. The summed E-state index contributed by atoms with van der Waals surface area (Å²) in [6.07, 6.45) is 2.16. The Balaban J connectivity index is 1.94. The van der Waals surface area contributed by atoms with E-state index >= 15 is 0 Å². The summed E-state index contributed by atoms with van der Waals surface area (Å²) in [5.41, 5.74) is 1.58. The molecule has 114 valence electrons. The molecule has 0 bridgehead atoms. The summed E-state index contributed by atoms with van der Waals surface area (Å²) in [5.74, 6) is -0.859. The Morgan fingerprint density at radius 2 is 1.95 bits per heavy atom. The topological polar surface area (TPSA) is 69.6 Å². The third-order valence-electron chi connectivity index (χ3n) is 3.75. The number of amides is 2. The molecule has 1 aromatic carbocycles. The SMILES string of the molecule is CC1(C)CCCN(C(=O)Nc2ccc(CC(=O)O)cc2)C1. The Morgan fingerprint density at radius 1 is 1.29 bits per heavy atom. The van der Waals surface area contributed by atoms with Gasteiger partial charge in [0.15, 0.2) is 0 Å². The number of rotatable bonds is 3. The van der Waals surface area contributed by atoms with E-state index in [1.807, 2.05) is 4.90 Å². The number of urea groups is 1. The molecular weight excluding hydrogens is 268 g/mol. The molecule has 5 nitrogen and oxygen atoms in total. The van der Waals surface area contributed by atoms with Gasteiger partial charge >= 0.3 is 12.0 Å². The number of carboxylic acid groups (broad SMARTS) is 1. The van der Waals surface area contributed by atoms with Gasteiger partial charge in [-0.1, -0.05) is 26.0 Å². The van der Waals surface area contributed by atoms with Gasteiger partial charge in [0.25, 0.3) is 0 Å². The number of likely N-dealkylation sites (tertiary alicyclic amines) is 1. The van der Waals surface area contributed by atoms with Gasteiger partial charge in [-0.3, -0.25) is 4.79 Å². The maximum Gasteiger partial charge on any atom is 0.321 e. The first-order valence-corrected chi connectivity index (χ1v) is 7.22. The van der Waals surface area contributed by atoms with E-state index in [0.717, 1.165) is 31.5 Å². The van der Waals surface area contributed by atoms with Crippen molar-refractivity contribution in [3.8, 4) is 0 Å². The lowest BCUT2D eigenvalue weighted by Gasteiger charge is -2.37. The fourth-order valence-electron chi connectivity index (χ4n) is 2.68.